The lowest BCUT2D eigenvalue weighted by Gasteiger charge is -2.12. The zero-order valence-corrected chi connectivity index (χ0v) is 16.2. The van der Waals surface area contributed by atoms with Crippen LogP contribution < -0.4 is 5.32 Å². The van der Waals surface area contributed by atoms with Gasteiger partial charge in [-0.05, 0) is 35.4 Å². The highest BCUT2D eigenvalue weighted by Crippen LogP contribution is 2.28. The molecule has 0 radical (unpaired) electrons. The summed E-state index contributed by atoms with van der Waals surface area (Å²) < 4.78 is 38.0. The normalized spacial score (nSPS) is 10.4. The van der Waals surface area contributed by atoms with Gasteiger partial charge in [0.05, 0.1) is 19.8 Å². The summed E-state index contributed by atoms with van der Waals surface area (Å²) in [7, 11) is 2.43. The molecule has 0 saturated carbocycles. The lowest BCUT2D eigenvalue weighted by atomic mass is 9.98. The number of halogens is 2. The molecule has 0 bridgehead atoms. The number of hydrogen-bond acceptors (Lipinski definition) is 6. The molecule has 2 aromatic carbocycles. The van der Waals surface area contributed by atoms with E-state index in [9.17, 15) is 18.4 Å². The second-order valence-corrected chi connectivity index (χ2v) is 6.24. The SMILES string of the molecule is COC(=O)c1ccc(NCc2ccc(-c3cccc(F)c3C(=O)OC)cc2F)nc1. The summed E-state index contributed by atoms with van der Waals surface area (Å²) in [4.78, 5) is 27.4. The zero-order chi connectivity index (χ0) is 21.7. The molecule has 6 nitrogen and oxygen atoms in total. The van der Waals surface area contributed by atoms with Gasteiger partial charge in [-0.1, -0.05) is 24.3 Å². The Labute approximate surface area is 171 Å². The summed E-state index contributed by atoms with van der Waals surface area (Å²) >= 11 is 0. The number of aromatic nitrogens is 1. The van der Waals surface area contributed by atoms with Crippen molar-refractivity contribution in [2.45, 2.75) is 6.54 Å². The van der Waals surface area contributed by atoms with E-state index in [2.05, 4.69) is 19.8 Å². The van der Waals surface area contributed by atoms with Crippen molar-refractivity contribution in [1.82, 2.24) is 4.98 Å². The lowest BCUT2D eigenvalue weighted by molar-refractivity contribution is 0.0589. The standard InChI is InChI=1S/C22H18F2N2O4/c1-29-21(27)15-8-9-19(26-12-15)25-11-14-7-6-13(10-18(14)24)16-4-3-5-17(23)20(16)22(28)30-2/h3-10,12H,11H2,1-2H3,(H,25,26). The van der Waals surface area contributed by atoms with Crippen LogP contribution in [0.3, 0.4) is 0 Å². The fraction of sp³-hybridized carbons (Fsp3) is 0.136. The van der Waals surface area contributed by atoms with Crippen molar-refractivity contribution < 1.29 is 27.8 Å². The molecule has 0 aliphatic heterocycles. The molecule has 1 heterocycles. The summed E-state index contributed by atoms with van der Waals surface area (Å²) in [6.45, 7) is 0.129. The molecule has 30 heavy (non-hydrogen) atoms. The molecule has 0 aliphatic rings. The largest absolute Gasteiger partial charge is 0.465 e. The van der Waals surface area contributed by atoms with Crippen LogP contribution in [-0.4, -0.2) is 31.1 Å². The fourth-order valence-corrected chi connectivity index (χ4v) is 2.86. The Bertz CT molecular complexity index is 1080. The van der Waals surface area contributed by atoms with Gasteiger partial charge in [-0.2, -0.15) is 0 Å². The number of nitrogens with zero attached hydrogens (tertiary/aromatic N) is 1. The molecule has 3 aromatic rings. The second kappa shape index (κ2) is 9.13. The first kappa shape index (κ1) is 20.9. The minimum absolute atomic E-state index is 0.129. The topological polar surface area (TPSA) is 77.5 Å². The van der Waals surface area contributed by atoms with Crippen LogP contribution >= 0.6 is 0 Å². The van der Waals surface area contributed by atoms with Gasteiger partial charge in [-0.15, -0.1) is 0 Å². The number of esters is 2. The maximum atomic E-state index is 14.6. The summed E-state index contributed by atoms with van der Waals surface area (Å²) in [6.07, 6.45) is 1.35. The van der Waals surface area contributed by atoms with E-state index in [1.807, 2.05) is 0 Å². The van der Waals surface area contributed by atoms with E-state index in [-0.39, 0.29) is 17.7 Å². The molecule has 0 spiro atoms. The van der Waals surface area contributed by atoms with Gasteiger partial charge in [0.15, 0.2) is 0 Å². The van der Waals surface area contributed by atoms with Gasteiger partial charge < -0.3 is 14.8 Å². The van der Waals surface area contributed by atoms with Crippen LogP contribution in [0.2, 0.25) is 0 Å². The molecule has 1 N–H and O–H groups in total. The maximum Gasteiger partial charge on any atom is 0.341 e. The number of hydrogen-bond donors (Lipinski definition) is 1. The summed E-state index contributed by atoms with van der Waals surface area (Å²) in [5, 5.41) is 2.96. The predicted molar refractivity (Wildman–Crippen MR) is 106 cm³/mol. The van der Waals surface area contributed by atoms with Gasteiger partial charge in [0.1, 0.15) is 23.0 Å². The first-order valence-electron chi connectivity index (χ1n) is 8.88. The van der Waals surface area contributed by atoms with Crippen molar-refractivity contribution in [2.24, 2.45) is 0 Å². The average molecular weight is 412 g/mol. The van der Waals surface area contributed by atoms with Crippen LogP contribution in [0.5, 0.6) is 0 Å². The van der Waals surface area contributed by atoms with Gasteiger partial charge in [0.2, 0.25) is 0 Å². The number of anilines is 1. The summed E-state index contributed by atoms with van der Waals surface area (Å²) in [5.74, 6) is -2.17. The molecule has 154 valence electrons. The fourth-order valence-electron chi connectivity index (χ4n) is 2.86. The van der Waals surface area contributed by atoms with Gasteiger partial charge in [0, 0.05) is 18.3 Å². The van der Waals surface area contributed by atoms with Gasteiger partial charge in [-0.3, -0.25) is 0 Å². The third-order valence-corrected chi connectivity index (χ3v) is 4.41. The molecule has 1 aromatic heterocycles. The maximum absolute atomic E-state index is 14.6. The molecular weight excluding hydrogens is 394 g/mol. The molecular formula is C22H18F2N2O4. The minimum atomic E-state index is -0.837. The number of carbonyl (C=O) groups is 2. The van der Waals surface area contributed by atoms with E-state index in [1.165, 1.54) is 37.6 Å². The van der Waals surface area contributed by atoms with E-state index in [4.69, 9.17) is 0 Å². The number of ether oxygens (including phenoxy) is 2. The minimum Gasteiger partial charge on any atom is -0.465 e. The lowest BCUT2D eigenvalue weighted by Crippen LogP contribution is -2.07. The number of benzene rings is 2. The quantitative estimate of drug-likeness (QED) is 0.611. The summed E-state index contributed by atoms with van der Waals surface area (Å²) in [5.41, 5.74) is 0.973. The zero-order valence-electron chi connectivity index (χ0n) is 16.2. The molecule has 0 saturated heterocycles. The Morgan fingerprint density at radius 2 is 1.73 bits per heavy atom. The van der Waals surface area contributed by atoms with Crippen LogP contribution in [0.15, 0.2) is 54.7 Å². The number of methoxy groups -OCH3 is 2. The van der Waals surface area contributed by atoms with Crippen LogP contribution in [-0.2, 0) is 16.0 Å². The average Bonchev–Trinajstić information content (AvgIpc) is 2.77. The highest BCUT2D eigenvalue weighted by Gasteiger charge is 2.19. The Kier molecular flexibility index (Phi) is 6.36. The van der Waals surface area contributed by atoms with Gasteiger partial charge in [0.25, 0.3) is 0 Å². The van der Waals surface area contributed by atoms with E-state index in [1.54, 1.807) is 18.2 Å². The predicted octanol–water partition coefficient (Wildman–Crippen LogP) is 4.21. The molecule has 3 rings (SSSR count). The second-order valence-electron chi connectivity index (χ2n) is 6.24. The molecule has 0 atom stereocenters. The van der Waals surface area contributed by atoms with Crippen molar-refractivity contribution in [3.8, 4) is 11.1 Å². The number of rotatable bonds is 6. The third-order valence-electron chi connectivity index (χ3n) is 4.41. The van der Waals surface area contributed by atoms with Gasteiger partial charge >= 0.3 is 11.9 Å². The first-order valence-corrected chi connectivity index (χ1v) is 8.88. The van der Waals surface area contributed by atoms with E-state index < -0.39 is 23.6 Å². The Morgan fingerprint density at radius 1 is 0.967 bits per heavy atom. The van der Waals surface area contributed by atoms with Crippen molar-refractivity contribution in [1.29, 1.82) is 0 Å². The highest BCUT2D eigenvalue weighted by atomic mass is 19.1. The number of nitrogens with one attached hydrogen (secondary N) is 1. The van der Waals surface area contributed by atoms with Crippen molar-refractivity contribution in [2.75, 3.05) is 19.5 Å². The Hall–Kier alpha value is -3.81. The van der Waals surface area contributed by atoms with Crippen LogP contribution in [0, 0.1) is 11.6 Å². The molecule has 0 unspecified atom stereocenters. The molecule has 0 amide bonds. The third kappa shape index (κ3) is 4.43. The van der Waals surface area contributed by atoms with Crippen LogP contribution in [0.1, 0.15) is 26.3 Å². The van der Waals surface area contributed by atoms with Gasteiger partial charge in [-0.25, -0.2) is 23.4 Å². The van der Waals surface area contributed by atoms with Crippen molar-refractivity contribution in [3.05, 3.63) is 83.1 Å². The van der Waals surface area contributed by atoms with E-state index >= 15 is 0 Å². The first-order chi connectivity index (χ1) is 14.4. The number of carbonyl (C=O) groups excluding carboxylic acids is 2. The number of pyridine rings is 1. The molecule has 8 heteroatoms. The van der Waals surface area contributed by atoms with E-state index in [0.29, 0.717) is 22.5 Å². The Balaban J connectivity index is 1.79. The van der Waals surface area contributed by atoms with Crippen molar-refractivity contribution in [3.63, 3.8) is 0 Å². The van der Waals surface area contributed by atoms with E-state index in [0.717, 1.165) is 13.2 Å². The Morgan fingerprint density at radius 3 is 2.37 bits per heavy atom. The van der Waals surface area contributed by atoms with Crippen LogP contribution in [0.4, 0.5) is 14.6 Å². The monoisotopic (exact) mass is 412 g/mol. The smallest absolute Gasteiger partial charge is 0.341 e. The summed E-state index contributed by atoms with van der Waals surface area (Å²) in [6, 6.07) is 11.6. The highest BCUT2D eigenvalue weighted by molar-refractivity contribution is 5.97. The molecule has 0 aliphatic carbocycles. The van der Waals surface area contributed by atoms with Crippen molar-refractivity contribution >= 4 is 17.8 Å². The van der Waals surface area contributed by atoms with Crippen LogP contribution in [0.25, 0.3) is 11.1 Å². The molecule has 0 fully saturated rings.